The Morgan fingerprint density at radius 1 is 1.24 bits per heavy atom. The lowest BCUT2D eigenvalue weighted by atomic mass is 10.1. The van der Waals surface area contributed by atoms with Gasteiger partial charge in [0.25, 0.3) is 17.5 Å². The number of hydrogen-bond acceptors (Lipinski definition) is 5. The maximum absolute atomic E-state index is 12.6. The fraction of sp³-hybridized carbons (Fsp3) is 0.294. The second kappa shape index (κ2) is 6.05. The number of benzene rings is 1. The summed E-state index contributed by atoms with van der Waals surface area (Å²) in [5, 5.41) is 13.0. The van der Waals surface area contributed by atoms with Crippen LogP contribution in [0.1, 0.15) is 44.5 Å². The minimum atomic E-state index is -0.556. The molecule has 2 aliphatic rings. The minimum absolute atomic E-state index is 0.130. The van der Waals surface area contributed by atoms with Gasteiger partial charge in [0.05, 0.1) is 27.5 Å². The zero-order chi connectivity index (χ0) is 17.6. The lowest BCUT2D eigenvalue weighted by Crippen LogP contribution is -3.12. The molecule has 1 fully saturated rings. The highest BCUT2D eigenvalue weighted by molar-refractivity contribution is 7.10. The molecule has 0 spiro atoms. The number of likely N-dealkylation sites (tertiary alicyclic amines) is 1. The zero-order valence-corrected chi connectivity index (χ0v) is 14.1. The van der Waals surface area contributed by atoms with Crippen LogP contribution in [0.3, 0.4) is 0 Å². The van der Waals surface area contributed by atoms with Gasteiger partial charge in [-0.15, -0.1) is 11.3 Å². The van der Waals surface area contributed by atoms with E-state index in [1.165, 1.54) is 32.9 Å². The van der Waals surface area contributed by atoms with E-state index in [1.807, 2.05) is 11.4 Å². The molecule has 0 aliphatic carbocycles. The van der Waals surface area contributed by atoms with Crippen LogP contribution in [0.2, 0.25) is 0 Å². The third-order valence-corrected chi connectivity index (χ3v) is 5.88. The monoisotopic (exact) mass is 358 g/mol. The van der Waals surface area contributed by atoms with Gasteiger partial charge in [-0.25, -0.2) is 4.90 Å². The minimum Gasteiger partial charge on any atom is -0.311 e. The summed E-state index contributed by atoms with van der Waals surface area (Å²) in [5.74, 6) is -0.799. The molecule has 2 amide bonds. The van der Waals surface area contributed by atoms with Gasteiger partial charge < -0.3 is 4.90 Å². The summed E-state index contributed by atoms with van der Waals surface area (Å²) in [4.78, 5) is 39.3. The molecule has 2 atom stereocenters. The largest absolute Gasteiger partial charge is 0.311 e. The summed E-state index contributed by atoms with van der Waals surface area (Å²) >= 11 is 1.69. The third-order valence-electron chi connectivity index (χ3n) is 4.90. The number of nitrogens with one attached hydrogen (secondary N) is 1. The molecular formula is C17H16N3O4S+. The predicted molar refractivity (Wildman–Crippen MR) is 90.6 cm³/mol. The van der Waals surface area contributed by atoms with Crippen molar-refractivity contribution >= 4 is 28.8 Å². The van der Waals surface area contributed by atoms with Crippen LogP contribution in [0.25, 0.3) is 0 Å². The van der Waals surface area contributed by atoms with E-state index in [2.05, 4.69) is 6.07 Å². The number of quaternary nitrogens is 1. The highest BCUT2D eigenvalue weighted by Crippen LogP contribution is 2.27. The quantitative estimate of drug-likeness (QED) is 0.511. The van der Waals surface area contributed by atoms with Crippen molar-refractivity contribution < 1.29 is 19.4 Å². The Morgan fingerprint density at radius 2 is 2.04 bits per heavy atom. The lowest BCUT2D eigenvalue weighted by Gasteiger charge is -2.24. The average Bonchev–Trinajstić information content (AvgIpc) is 3.32. The van der Waals surface area contributed by atoms with Crippen molar-refractivity contribution in [1.29, 1.82) is 0 Å². The Labute approximate surface area is 147 Å². The van der Waals surface area contributed by atoms with Gasteiger partial charge in [0.2, 0.25) is 0 Å². The summed E-state index contributed by atoms with van der Waals surface area (Å²) in [7, 11) is 0. The van der Waals surface area contributed by atoms with Crippen LogP contribution in [0.4, 0.5) is 5.69 Å². The first-order valence-electron chi connectivity index (χ1n) is 8.09. The Hall–Kier alpha value is -2.58. The summed E-state index contributed by atoms with van der Waals surface area (Å²) in [6.45, 7) is 1.19. The normalized spacial score (nSPS) is 22.5. The first-order chi connectivity index (χ1) is 12.1. The van der Waals surface area contributed by atoms with Crippen LogP contribution >= 0.6 is 11.3 Å². The van der Waals surface area contributed by atoms with Crippen molar-refractivity contribution in [2.75, 3.05) is 13.2 Å². The second-order valence-corrected chi connectivity index (χ2v) is 7.28. The molecule has 0 radical (unpaired) electrons. The van der Waals surface area contributed by atoms with E-state index in [0.29, 0.717) is 12.7 Å². The van der Waals surface area contributed by atoms with Gasteiger partial charge in [-0.2, -0.15) is 0 Å². The molecule has 4 rings (SSSR count). The van der Waals surface area contributed by atoms with E-state index in [4.69, 9.17) is 0 Å². The van der Waals surface area contributed by atoms with Gasteiger partial charge in [0, 0.05) is 25.0 Å². The molecule has 1 saturated heterocycles. The van der Waals surface area contributed by atoms with E-state index < -0.39 is 10.8 Å². The molecule has 8 heteroatoms. The summed E-state index contributed by atoms with van der Waals surface area (Å²) in [5.41, 5.74) is 0.207. The number of nitro groups is 1. The van der Waals surface area contributed by atoms with Crippen LogP contribution in [0, 0.1) is 10.1 Å². The maximum atomic E-state index is 12.6. The summed E-state index contributed by atoms with van der Waals surface area (Å²) in [6.07, 6.45) is 2.08. The molecule has 1 aromatic heterocycles. The van der Waals surface area contributed by atoms with E-state index >= 15 is 0 Å². The molecule has 0 bridgehead atoms. The smallest absolute Gasteiger partial charge is 0.270 e. The number of carbonyl (C=O) groups excluding carboxylic acids is 2. The van der Waals surface area contributed by atoms with Crippen LogP contribution in [0.15, 0.2) is 35.7 Å². The fourth-order valence-electron chi connectivity index (χ4n) is 3.67. The second-order valence-electron chi connectivity index (χ2n) is 6.30. The zero-order valence-electron chi connectivity index (χ0n) is 13.3. The first-order valence-corrected chi connectivity index (χ1v) is 8.97. The Morgan fingerprint density at radius 3 is 2.76 bits per heavy atom. The molecule has 25 heavy (non-hydrogen) atoms. The van der Waals surface area contributed by atoms with Crippen molar-refractivity contribution in [1.82, 2.24) is 4.90 Å². The van der Waals surface area contributed by atoms with E-state index in [0.717, 1.165) is 19.4 Å². The maximum Gasteiger partial charge on any atom is 0.270 e. The number of fused-ring (bicyclic) bond motifs is 1. The molecular weight excluding hydrogens is 342 g/mol. The number of nitrogens with zero attached hydrogens (tertiary/aromatic N) is 2. The Balaban J connectivity index is 1.58. The van der Waals surface area contributed by atoms with Gasteiger partial charge >= 0.3 is 0 Å². The number of amides is 2. The van der Waals surface area contributed by atoms with Gasteiger partial charge in [0.15, 0.2) is 6.67 Å². The first kappa shape index (κ1) is 15.9. The van der Waals surface area contributed by atoms with Crippen LogP contribution in [-0.2, 0) is 0 Å². The van der Waals surface area contributed by atoms with E-state index in [9.17, 15) is 19.7 Å². The molecule has 2 aromatic rings. The van der Waals surface area contributed by atoms with Gasteiger partial charge in [-0.1, -0.05) is 6.07 Å². The highest BCUT2D eigenvalue weighted by Gasteiger charge is 2.41. The highest BCUT2D eigenvalue weighted by atomic mass is 32.1. The van der Waals surface area contributed by atoms with E-state index in [1.54, 1.807) is 11.3 Å². The standard InChI is InChI=1S/C17H15N3O4S/c21-16-12-6-5-11(20(23)24)9-13(12)17(22)19(16)10-18-7-1-3-14(18)15-4-2-8-25-15/h2,4-6,8-9,14H,1,3,7,10H2/p+1/t14-/m0/s1. The van der Waals surface area contributed by atoms with Gasteiger partial charge in [0.1, 0.15) is 6.04 Å². The van der Waals surface area contributed by atoms with Crippen molar-refractivity contribution in [3.8, 4) is 0 Å². The molecule has 1 N–H and O–H groups in total. The van der Waals surface area contributed by atoms with E-state index in [-0.39, 0.29) is 22.7 Å². The molecule has 0 saturated carbocycles. The molecule has 2 aliphatic heterocycles. The third kappa shape index (κ3) is 2.63. The average molecular weight is 358 g/mol. The van der Waals surface area contributed by atoms with Crippen LogP contribution in [-0.4, -0.2) is 34.9 Å². The Bertz CT molecular complexity index is 865. The summed E-state index contributed by atoms with van der Waals surface area (Å²) in [6, 6.07) is 8.24. The predicted octanol–water partition coefficient (Wildman–Crippen LogP) is 1.63. The molecule has 128 valence electrons. The van der Waals surface area contributed by atoms with Crippen molar-refractivity contribution in [2.24, 2.45) is 0 Å². The number of carbonyl (C=O) groups is 2. The number of hydrogen-bond donors (Lipinski definition) is 1. The van der Waals surface area contributed by atoms with Crippen LogP contribution in [0.5, 0.6) is 0 Å². The van der Waals surface area contributed by atoms with Gasteiger partial charge in [-0.05, 0) is 17.5 Å². The van der Waals surface area contributed by atoms with Crippen molar-refractivity contribution in [3.05, 3.63) is 61.8 Å². The summed E-state index contributed by atoms with van der Waals surface area (Å²) < 4.78 is 0. The lowest BCUT2D eigenvalue weighted by molar-refractivity contribution is -0.925. The van der Waals surface area contributed by atoms with Gasteiger partial charge in [-0.3, -0.25) is 19.7 Å². The van der Waals surface area contributed by atoms with Crippen LogP contribution < -0.4 is 4.90 Å². The molecule has 1 unspecified atom stereocenters. The van der Waals surface area contributed by atoms with Crippen molar-refractivity contribution in [3.63, 3.8) is 0 Å². The number of rotatable bonds is 4. The fourth-order valence-corrected chi connectivity index (χ4v) is 4.59. The number of non-ortho nitro benzene ring substituents is 1. The SMILES string of the molecule is O=C1c2ccc([N+](=O)[O-])cc2C(=O)N1C[NH+]1CCC[C@H]1c1cccs1. The molecule has 1 aromatic carbocycles. The number of nitro benzene ring substituents is 1. The molecule has 3 heterocycles. The number of thiophene rings is 1. The Kier molecular flexibility index (Phi) is 3.85. The van der Waals surface area contributed by atoms with Crippen molar-refractivity contribution in [2.45, 2.75) is 18.9 Å². The topological polar surface area (TPSA) is 85.0 Å². The molecule has 7 nitrogen and oxygen atoms in total. The number of imide groups is 1.